The second kappa shape index (κ2) is 9.35. The molecule has 0 N–H and O–H groups in total. The Morgan fingerprint density at radius 2 is 2.07 bits per heavy atom. The highest BCUT2D eigenvalue weighted by Crippen LogP contribution is 2.32. The number of hydrogen-bond acceptors (Lipinski definition) is 6. The molecule has 3 rings (SSSR count). The summed E-state index contributed by atoms with van der Waals surface area (Å²) in [6.07, 6.45) is 3.52. The minimum Gasteiger partial charge on any atom is -0.465 e. The molecule has 1 aliphatic heterocycles. The number of thioether (sulfide) groups is 1. The molecule has 1 aliphatic rings. The number of thiocarbonyl (C=S) groups is 1. The van der Waals surface area contributed by atoms with E-state index in [1.807, 2.05) is 30.3 Å². The van der Waals surface area contributed by atoms with Crippen LogP contribution in [0.1, 0.15) is 18.6 Å². The minimum absolute atomic E-state index is 0.112. The molecule has 0 saturated carbocycles. The first-order valence-corrected chi connectivity index (χ1v) is 9.84. The highest BCUT2D eigenvalue weighted by molar-refractivity contribution is 8.26. The number of furan rings is 1. The summed E-state index contributed by atoms with van der Waals surface area (Å²) in [7, 11) is 0. The summed E-state index contributed by atoms with van der Waals surface area (Å²) in [5, 5.41) is 8.88. The molecule has 1 aromatic heterocycles. The maximum atomic E-state index is 12.8. The Hall–Kier alpha value is -2.89. The van der Waals surface area contributed by atoms with Crippen LogP contribution in [0.15, 0.2) is 58.1 Å². The lowest BCUT2D eigenvalue weighted by Crippen LogP contribution is -2.36. The summed E-state index contributed by atoms with van der Waals surface area (Å²) in [5.74, 6) is 0.177. The van der Waals surface area contributed by atoms with E-state index >= 15 is 0 Å². The van der Waals surface area contributed by atoms with Crippen molar-refractivity contribution in [3.8, 4) is 6.07 Å². The van der Waals surface area contributed by atoms with Gasteiger partial charge in [0.25, 0.3) is 5.91 Å². The molecule has 6 nitrogen and oxygen atoms in total. The van der Waals surface area contributed by atoms with Gasteiger partial charge in [0.2, 0.25) is 5.91 Å². The van der Waals surface area contributed by atoms with Crippen molar-refractivity contribution in [2.45, 2.75) is 12.8 Å². The van der Waals surface area contributed by atoms with Crippen LogP contribution >= 0.6 is 24.0 Å². The van der Waals surface area contributed by atoms with Crippen LogP contribution in [0.2, 0.25) is 0 Å². The Morgan fingerprint density at radius 1 is 1.29 bits per heavy atom. The van der Waals surface area contributed by atoms with Crippen molar-refractivity contribution in [1.82, 2.24) is 4.90 Å². The summed E-state index contributed by atoms with van der Waals surface area (Å²) in [6, 6.07) is 14.7. The van der Waals surface area contributed by atoms with Crippen LogP contribution < -0.4 is 4.90 Å². The monoisotopic (exact) mass is 411 g/mol. The number of rotatable bonds is 7. The van der Waals surface area contributed by atoms with Crippen molar-refractivity contribution in [1.29, 1.82) is 5.26 Å². The summed E-state index contributed by atoms with van der Waals surface area (Å²) < 4.78 is 5.66. The quantitative estimate of drug-likeness (QED) is 0.509. The van der Waals surface area contributed by atoms with E-state index < -0.39 is 0 Å². The zero-order chi connectivity index (χ0) is 19.9. The van der Waals surface area contributed by atoms with Gasteiger partial charge in [0.05, 0.1) is 23.7 Å². The Morgan fingerprint density at radius 3 is 2.75 bits per heavy atom. The van der Waals surface area contributed by atoms with E-state index in [-0.39, 0.29) is 31.2 Å². The Labute approximate surface area is 172 Å². The van der Waals surface area contributed by atoms with Gasteiger partial charge in [0, 0.05) is 31.3 Å². The largest absolute Gasteiger partial charge is 0.465 e. The van der Waals surface area contributed by atoms with Crippen molar-refractivity contribution in [2.75, 3.05) is 18.0 Å². The van der Waals surface area contributed by atoms with Gasteiger partial charge in [-0.05, 0) is 24.3 Å². The van der Waals surface area contributed by atoms with Gasteiger partial charge in [-0.15, -0.1) is 0 Å². The van der Waals surface area contributed by atoms with Crippen LogP contribution in [0.25, 0.3) is 6.08 Å². The normalized spacial score (nSPS) is 15.1. The van der Waals surface area contributed by atoms with Crippen LogP contribution in [-0.2, 0) is 9.59 Å². The number of para-hydroxylation sites is 1. The molecular formula is C20H17N3O3S2. The molecule has 0 aliphatic carbocycles. The van der Waals surface area contributed by atoms with Gasteiger partial charge in [-0.25, -0.2) is 0 Å². The van der Waals surface area contributed by atoms with Gasteiger partial charge in [0.1, 0.15) is 10.1 Å². The lowest BCUT2D eigenvalue weighted by molar-refractivity contribution is -0.123. The molecule has 2 aromatic rings. The first-order chi connectivity index (χ1) is 13.6. The number of anilines is 1. The van der Waals surface area contributed by atoms with Gasteiger partial charge < -0.3 is 9.32 Å². The van der Waals surface area contributed by atoms with Crippen molar-refractivity contribution in [3.05, 3.63) is 59.4 Å². The molecule has 0 unspecified atom stereocenters. The molecule has 0 bridgehead atoms. The van der Waals surface area contributed by atoms with E-state index in [0.29, 0.717) is 21.5 Å². The highest BCUT2D eigenvalue weighted by atomic mass is 32.2. The van der Waals surface area contributed by atoms with Crippen molar-refractivity contribution in [3.63, 3.8) is 0 Å². The fourth-order valence-electron chi connectivity index (χ4n) is 2.71. The molecule has 0 radical (unpaired) electrons. The third kappa shape index (κ3) is 4.68. The first kappa shape index (κ1) is 19.9. The molecule has 8 heteroatoms. The topological polar surface area (TPSA) is 77.5 Å². The second-order valence-corrected chi connectivity index (χ2v) is 7.56. The summed E-state index contributed by atoms with van der Waals surface area (Å²) >= 11 is 6.49. The predicted molar refractivity (Wildman–Crippen MR) is 112 cm³/mol. The summed E-state index contributed by atoms with van der Waals surface area (Å²) in [5.41, 5.74) is 0.728. The number of amides is 2. The second-order valence-electron chi connectivity index (χ2n) is 5.89. The molecule has 2 amide bonds. The number of nitrogens with zero attached hydrogens (tertiary/aromatic N) is 3. The zero-order valence-electron chi connectivity index (χ0n) is 14.9. The number of carbonyl (C=O) groups is 2. The SMILES string of the molecule is N#CCCN(C(=O)CCN1C(=O)C(=Cc2ccco2)SC1=S)c1ccccc1. The molecule has 1 saturated heterocycles. The summed E-state index contributed by atoms with van der Waals surface area (Å²) in [6.45, 7) is 0.491. The summed E-state index contributed by atoms with van der Waals surface area (Å²) in [4.78, 5) is 28.8. The van der Waals surface area contributed by atoms with E-state index in [1.54, 1.807) is 23.1 Å². The molecule has 142 valence electrons. The van der Waals surface area contributed by atoms with Gasteiger partial charge in [-0.3, -0.25) is 14.5 Å². The number of benzene rings is 1. The standard InChI is InChI=1S/C20H17N3O3S2/c21-10-5-11-22(15-6-2-1-3-7-15)18(24)9-12-23-19(25)17(28-20(23)27)14-16-8-4-13-26-16/h1-4,6-8,13-14H,5,9,11-12H2. The maximum Gasteiger partial charge on any atom is 0.266 e. The number of carbonyl (C=O) groups excluding carboxylic acids is 2. The van der Waals surface area contributed by atoms with E-state index in [2.05, 4.69) is 6.07 Å². The lowest BCUT2D eigenvalue weighted by atomic mass is 10.2. The van der Waals surface area contributed by atoms with Crippen LogP contribution in [0.5, 0.6) is 0 Å². The highest BCUT2D eigenvalue weighted by Gasteiger charge is 2.32. The Bertz CT molecular complexity index is 933. The maximum absolute atomic E-state index is 12.8. The molecule has 2 heterocycles. The van der Waals surface area contributed by atoms with E-state index in [4.69, 9.17) is 21.9 Å². The zero-order valence-corrected chi connectivity index (χ0v) is 16.5. The van der Waals surface area contributed by atoms with Gasteiger partial charge >= 0.3 is 0 Å². The van der Waals surface area contributed by atoms with E-state index in [9.17, 15) is 9.59 Å². The van der Waals surface area contributed by atoms with Gasteiger partial charge in [0.15, 0.2) is 0 Å². The fourth-order valence-corrected chi connectivity index (χ4v) is 3.99. The van der Waals surface area contributed by atoms with Crippen LogP contribution in [0.3, 0.4) is 0 Å². The first-order valence-electron chi connectivity index (χ1n) is 8.61. The molecule has 1 aromatic carbocycles. The van der Waals surface area contributed by atoms with Gasteiger partial charge in [-0.2, -0.15) is 5.26 Å². The molecule has 0 atom stereocenters. The predicted octanol–water partition coefficient (Wildman–Crippen LogP) is 3.82. The van der Waals surface area contributed by atoms with Crippen LogP contribution in [-0.4, -0.2) is 34.1 Å². The fraction of sp³-hybridized carbons (Fsp3) is 0.200. The van der Waals surface area contributed by atoms with E-state index in [0.717, 1.165) is 5.69 Å². The van der Waals surface area contributed by atoms with E-state index in [1.165, 1.54) is 22.9 Å². The van der Waals surface area contributed by atoms with Crippen molar-refractivity contribution < 1.29 is 14.0 Å². The van der Waals surface area contributed by atoms with Crippen molar-refractivity contribution in [2.24, 2.45) is 0 Å². The Kier molecular flexibility index (Phi) is 6.63. The number of hydrogen-bond donors (Lipinski definition) is 0. The van der Waals surface area contributed by atoms with Crippen LogP contribution in [0, 0.1) is 11.3 Å². The lowest BCUT2D eigenvalue weighted by Gasteiger charge is -2.23. The number of nitriles is 1. The third-order valence-electron chi connectivity index (χ3n) is 4.06. The third-order valence-corrected chi connectivity index (χ3v) is 5.43. The van der Waals surface area contributed by atoms with Crippen molar-refractivity contribution >= 4 is 51.9 Å². The minimum atomic E-state index is -0.234. The Balaban J connectivity index is 1.66. The molecular weight excluding hydrogens is 394 g/mol. The average molecular weight is 412 g/mol. The molecule has 1 fully saturated rings. The smallest absolute Gasteiger partial charge is 0.266 e. The molecule has 28 heavy (non-hydrogen) atoms. The average Bonchev–Trinajstić information content (AvgIpc) is 3.30. The van der Waals surface area contributed by atoms with Crippen LogP contribution in [0.4, 0.5) is 5.69 Å². The molecule has 0 spiro atoms. The van der Waals surface area contributed by atoms with Gasteiger partial charge in [-0.1, -0.05) is 42.2 Å².